The number of nitrogen functional groups attached to an aromatic ring is 1. The van der Waals surface area contributed by atoms with Crippen LogP contribution in [0.3, 0.4) is 0 Å². The molecule has 0 radical (unpaired) electrons. The third-order valence-corrected chi connectivity index (χ3v) is 3.58. The van der Waals surface area contributed by atoms with Gasteiger partial charge in [0.2, 0.25) is 5.91 Å². The molecule has 0 saturated carbocycles. The average molecular weight is 301 g/mol. The normalized spacial score (nSPS) is 12.2. The molecule has 0 aliphatic carbocycles. The van der Waals surface area contributed by atoms with Crippen molar-refractivity contribution in [3.8, 4) is 0 Å². The molecule has 0 heterocycles. The molecule has 0 saturated heterocycles. The summed E-state index contributed by atoms with van der Waals surface area (Å²) in [6, 6.07) is 1.95. The predicted molar refractivity (Wildman–Crippen MR) is 92.2 cm³/mol. The maximum Gasteiger partial charge on any atom is 0.250 e. The Kier molecular flexibility index (Phi) is 5.95. The number of nitrogens with one attached hydrogen (secondary N) is 1. The summed E-state index contributed by atoms with van der Waals surface area (Å²) in [4.78, 5) is 11.5. The fraction of sp³-hybridized carbons (Fsp3) is 0.235. The number of anilines is 2. The zero-order valence-corrected chi connectivity index (χ0v) is 13.2. The van der Waals surface area contributed by atoms with Gasteiger partial charge in [0.05, 0.1) is 11.4 Å². The first kappa shape index (κ1) is 17.5. The van der Waals surface area contributed by atoms with Crippen molar-refractivity contribution in [2.45, 2.75) is 20.8 Å². The highest BCUT2D eigenvalue weighted by Crippen LogP contribution is 2.35. The summed E-state index contributed by atoms with van der Waals surface area (Å²) in [5.74, 6) is -0.508. The van der Waals surface area contributed by atoms with Crippen LogP contribution in [0.1, 0.15) is 23.6 Å². The lowest BCUT2D eigenvalue weighted by molar-refractivity contribution is -0.118. The van der Waals surface area contributed by atoms with Crippen LogP contribution in [0, 0.1) is 13.8 Å². The van der Waals surface area contributed by atoms with Gasteiger partial charge in [-0.1, -0.05) is 12.7 Å². The molecule has 0 aliphatic heterocycles. The zero-order valence-electron chi connectivity index (χ0n) is 13.2. The molecule has 1 aromatic rings. The molecule has 6 N–H and O–H groups in total. The van der Waals surface area contributed by atoms with E-state index >= 15 is 0 Å². The van der Waals surface area contributed by atoms with Gasteiger partial charge in [0.1, 0.15) is 6.61 Å². The number of carbonyl (C=O) groups excluding carboxylic acids is 1. The first-order valence-corrected chi connectivity index (χ1v) is 6.89. The monoisotopic (exact) mass is 301 g/mol. The number of hydrogen-bond acceptors (Lipinski definition) is 4. The number of rotatable bonds is 5. The van der Waals surface area contributed by atoms with E-state index < -0.39 is 12.5 Å². The minimum absolute atomic E-state index is 0.430. The highest BCUT2D eigenvalue weighted by atomic mass is 16.3. The molecule has 0 unspecified atom stereocenters. The standard InChI is InChI=1S/C17H23N3O2/c1-5-10(2)13(6-7-18)14-8-11(3)12(4)17(16(14)19)20-15(22)9-21/h5-8,21H,1,9,18-19H2,2-4H3,(H,20,22)/b7-6-,13-10+. The van der Waals surface area contributed by atoms with Crippen LogP contribution in [0.4, 0.5) is 11.4 Å². The van der Waals surface area contributed by atoms with Crippen LogP contribution in [0.25, 0.3) is 5.57 Å². The molecule has 5 nitrogen and oxygen atoms in total. The Hall–Kier alpha value is -2.53. The minimum atomic E-state index is -0.598. The van der Waals surface area contributed by atoms with Crippen LogP contribution in [-0.2, 0) is 4.79 Å². The zero-order chi connectivity index (χ0) is 16.9. The van der Waals surface area contributed by atoms with Gasteiger partial charge >= 0.3 is 0 Å². The number of aliphatic hydroxyl groups is 1. The lowest BCUT2D eigenvalue weighted by atomic mass is 9.93. The van der Waals surface area contributed by atoms with Crippen LogP contribution < -0.4 is 16.8 Å². The molecule has 22 heavy (non-hydrogen) atoms. The van der Waals surface area contributed by atoms with Gasteiger partial charge in [-0.05, 0) is 61.4 Å². The van der Waals surface area contributed by atoms with E-state index in [0.29, 0.717) is 11.4 Å². The van der Waals surface area contributed by atoms with Gasteiger partial charge < -0.3 is 21.9 Å². The van der Waals surface area contributed by atoms with E-state index in [1.807, 2.05) is 26.8 Å². The summed E-state index contributed by atoms with van der Waals surface area (Å²) in [6.07, 6.45) is 4.90. The van der Waals surface area contributed by atoms with Gasteiger partial charge in [0.15, 0.2) is 0 Å². The van der Waals surface area contributed by atoms with Gasteiger partial charge in [-0.3, -0.25) is 4.79 Å². The quantitative estimate of drug-likeness (QED) is 0.495. The number of aryl methyl sites for hydroxylation is 1. The van der Waals surface area contributed by atoms with E-state index in [9.17, 15) is 4.79 Å². The molecule has 1 amide bonds. The number of aliphatic hydroxyl groups excluding tert-OH is 1. The molecule has 118 valence electrons. The van der Waals surface area contributed by atoms with Crippen molar-refractivity contribution in [2.75, 3.05) is 17.7 Å². The van der Waals surface area contributed by atoms with E-state index in [1.165, 1.54) is 6.20 Å². The first-order valence-electron chi connectivity index (χ1n) is 6.89. The van der Waals surface area contributed by atoms with Crippen molar-refractivity contribution in [2.24, 2.45) is 5.73 Å². The average Bonchev–Trinajstić information content (AvgIpc) is 2.52. The number of amides is 1. The summed E-state index contributed by atoms with van der Waals surface area (Å²) in [5.41, 5.74) is 17.0. The molecule has 5 heteroatoms. The van der Waals surface area contributed by atoms with Crippen LogP contribution in [0.5, 0.6) is 0 Å². The predicted octanol–water partition coefficient (Wildman–Crippen LogP) is 2.25. The number of benzene rings is 1. The number of carbonyl (C=O) groups is 1. The SMILES string of the molecule is C=C/C(C)=C(\C=C/N)c1cc(C)c(C)c(NC(=O)CO)c1N. The second-order valence-electron chi connectivity index (χ2n) is 5.02. The Morgan fingerprint density at radius 1 is 1.45 bits per heavy atom. The number of hydrogen-bond donors (Lipinski definition) is 4. The second-order valence-corrected chi connectivity index (χ2v) is 5.02. The van der Waals surface area contributed by atoms with Crippen LogP contribution in [0.15, 0.2) is 36.6 Å². The smallest absolute Gasteiger partial charge is 0.250 e. The summed E-state index contributed by atoms with van der Waals surface area (Å²) in [7, 11) is 0. The van der Waals surface area contributed by atoms with Crippen molar-refractivity contribution in [1.29, 1.82) is 0 Å². The lowest BCUT2D eigenvalue weighted by Crippen LogP contribution is -2.18. The summed E-state index contributed by atoms with van der Waals surface area (Å²) >= 11 is 0. The third kappa shape index (κ3) is 3.56. The first-order chi connectivity index (χ1) is 10.4. The van der Waals surface area contributed by atoms with E-state index in [1.54, 1.807) is 12.2 Å². The fourth-order valence-corrected chi connectivity index (χ4v) is 2.14. The molecule has 0 bridgehead atoms. The van der Waals surface area contributed by atoms with Crippen LogP contribution in [0.2, 0.25) is 0 Å². The summed E-state index contributed by atoms with van der Waals surface area (Å²) in [6.45, 7) is 8.87. The second kappa shape index (κ2) is 7.47. The molecule has 0 aliphatic rings. The topological polar surface area (TPSA) is 101 Å². The molecule has 0 atom stereocenters. The molecule has 0 aromatic heterocycles. The van der Waals surface area contributed by atoms with Crippen LogP contribution >= 0.6 is 0 Å². The maximum absolute atomic E-state index is 11.5. The summed E-state index contributed by atoms with van der Waals surface area (Å²) in [5, 5.41) is 11.6. The van der Waals surface area contributed by atoms with Crippen molar-refractivity contribution >= 4 is 22.9 Å². The van der Waals surface area contributed by atoms with Crippen LogP contribution in [-0.4, -0.2) is 17.6 Å². The highest BCUT2D eigenvalue weighted by Gasteiger charge is 2.16. The molecule has 1 aromatic carbocycles. The summed E-state index contributed by atoms with van der Waals surface area (Å²) < 4.78 is 0. The van der Waals surface area contributed by atoms with Crippen molar-refractivity contribution < 1.29 is 9.90 Å². The van der Waals surface area contributed by atoms with Gasteiger partial charge in [-0.15, -0.1) is 0 Å². The molecule has 0 fully saturated rings. The fourth-order valence-electron chi connectivity index (χ4n) is 2.14. The highest BCUT2D eigenvalue weighted by molar-refractivity contribution is 5.99. The third-order valence-electron chi connectivity index (χ3n) is 3.58. The van der Waals surface area contributed by atoms with Crippen molar-refractivity contribution in [3.05, 3.63) is 53.3 Å². The molecule has 0 spiro atoms. The number of allylic oxidation sites excluding steroid dienone is 4. The largest absolute Gasteiger partial charge is 0.405 e. The van der Waals surface area contributed by atoms with Gasteiger partial charge in [0.25, 0.3) is 0 Å². The van der Waals surface area contributed by atoms with Gasteiger partial charge in [-0.2, -0.15) is 0 Å². The number of nitrogens with two attached hydrogens (primary N) is 2. The Labute approximate surface area is 131 Å². The van der Waals surface area contributed by atoms with E-state index in [0.717, 1.165) is 27.8 Å². The van der Waals surface area contributed by atoms with Crippen molar-refractivity contribution in [1.82, 2.24) is 0 Å². The Morgan fingerprint density at radius 3 is 2.59 bits per heavy atom. The Balaban J connectivity index is 3.63. The van der Waals surface area contributed by atoms with E-state index in [-0.39, 0.29) is 0 Å². The van der Waals surface area contributed by atoms with E-state index in [4.69, 9.17) is 16.6 Å². The lowest BCUT2D eigenvalue weighted by Gasteiger charge is -2.18. The minimum Gasteiger partial charge on any atom is -0.405 e. The van der Waals surface area contributed by atoms with Gasteiger partial charge in [-0.25, -0.2) is 0 Å². The van der Waals surface area contributed by atoms with Gasteiger partial charge in [0, 0.05) is 5.56 Å². The van der Waals surface area contributed by atoms with E-state index in [2.05, 4.69) is 11.9 Å². The van der Waals surface area contributed by atoms with Crippen molar-refractivity contribution in [3.63, 3.8) is 0 Å². The molecule has 1 rings (SSSR count). The molecular weight excluding hydrogens is 278 g/mol. The Bertz CT molecular complexity index is 658. The Morgan fingerprint density at radius 2 is 2.09 bits per heavy atom. The molecular formula is C17H23N3O2. The maximum atomic E-state index is 11.5.